The Morgan fingerprint density at radius 2 is 2.11 bits per heavy atom. The quantitative estimate of drug-likeness (QED) is 0.416. The molecular formula is C13H20N2O3. The highest BCUT2D eigenvalue weighted by molar-refractivity contribution is 5.50. The zero-order valence-corrected chi connectivity index (χ0v) is 10.7. The topological polar surface area (TPSA) is 64.4 Å². The number of rotatable bonds is 9. The highest BCUT2D eigenvalue weighted by Gasteiger charge is 2.04. The van der Waals surface area contributed by atoms with Gasteiger partial charge in [-0.05, 0) is 18.9 Å². The molecule has 0 heterocycles. The molecule has 1 rings (SSSR count). The molecule has 0 aliphatic rings. The number of anilines is 1. The Morgan fingerprint density at radius 3 is 2.83 bits per heavy atom. The van der Waals surface area contributed by atoms with E-state index in [4.69, 9.17) is 4.74 Å². The third-order valence-corrected chi connectivity index (χ3v) is 2.49. The minimum Gasteiger partial charge on any atom is -0.385 e. The smallest absolute Gasteiger partial charge is 0.271 e. The maximum Gasteiger partial charge on any atom is 0.271 e. The van der Waals surface area contributed by atoms with Crippen molar-refractivity contribution in [3.05, 3.63) is 34.4 Å². The number of hydrogen-bond acceptors (Lipinski definition) is 4. The molecule has 0 atom stereocenters. The summed E-state index contributed by atoms with van der Waals surface area (Å²) in [6, 6.07) is 6.53. The van der Waals surface area contributed by atoms with Crippen molar-refractivity contribution in [3.63, 3.8) is 0 Å². The maximum absolute atomic E-state index is 10.6. The van der Waals surface area contributed by atoms with Gasteiger partial charge in [-0.25, -0.2) is 0 Å². The number of non-ortho nitro benzene ring substituents is 1. The summed E-state index contributed by atoms with van der Waals surface area (Å²) in [4.78, 5) is 10.2. The van der Waals surface area contributed by atoms with Crippen LogP contribution in [0.2, 0.25) is 0 Å². The van der Waals surface area contributed by atoms with E-state index >= 15 is 0 Å². The van der Waals surface area contributed by atoms with E-state index in [0.717, 1.165) is 44.7 Å². The molecule has 0 aliphatic carbocycles. The van der Waals surface area contributed by atoms with Gasteiger partial charge >= 0.3 is 0 Å². The Labute approximate surface area is 107 Å². The van der Waals surface area contributed by atoms with Gasteiger partial charge in [-0.2, -0.15) is 0 Å². The molecule has 1 aromatic rings. The highest BCUT2D eigenvalue weighted by Crippen LogP contribution is 2.16. The Hall–Kier alpha value is -1.62. The van der Waals surface area contributed by atoms with Gasteiger partial charge in [-0.15, -0.1) is 0 Å². The van der Waals surface area contributed by atoms with Crippen molar-refractivity contribution in [2.45, 2.75) is 26.2 Å². The predicted molar refractivity (Wildman–Crippen MR) is 71.9 cm³/mol. The van der Waals surface area contributed by atoms with Gasteiger partial charge < -0.3 is 10.1 Å². The number of nitrogens with zero attached hydrogens (tertiary/aromatic N) is 1. The molecule has 0 saturated carbocycles. The summed E-state index contributed by atoms with van der Waals surface area (Å²) in [6.45, 7) is 4.43. The van der Waals surface area contributed by atoms with Crippen LogP contribution in [0.1, 0.15) is 26.2 Å². The Morgan fingerprint density at radius 1 is 1.33 bits per heavy atom. The molecule has 0 spiro atoms. The number of unbranched alkanes of at least 4 members (excludes halogenated alkanes) is 1. The molecule has 1 N–H and O–H groups in total. The summed E-state index contributed by atoms with van der Waals surface area (Å²) in [6.07, 6.45) is 3.14. The van der Waals surface area contributed by atoms with E-state index in [-0.39, 0.29) is 10.6 Å². The van der Waals surface area contributed by atoms with Gasteiger partial charge in [0, 0.05) is 37.6 Å². The summed E-state index contributed by atoms with van der Waals surface area (Å²) in [5.41, 5.74) is 0.886. The molecule has 18 heavy (non-hydrogen) atoms. The molecule has 0 aromatic heterocycles. The van der Waals surface area contributed by atoms with Crippen molar-refractivity contribution < 1.29 is 9.66 Å². The maximum atomic E-state index is 10.6. The third kappa shape index (κ3) is 5.63. The molecule has 5 heteroatoms. The van der Waals surface area contributed by atoms with Crippen molar-refractivity contribution >= 4 is 11.4 Å². The van der Waals surface area contributed by atoms with Crippen molar-refractivity contribution in [1.82, 2.24) is 0 Å². The first kappa shape index (κ1) is 14.4. The number of ether oxygens (including phenoxy) is 1. The average Bonchev–Trinajstić information content (AvgIpc) is 2.38. The molecule has 0 radical (unpaired) electrons. The first-order valence-electron chi connectivity index (χ1n) is 6.30. The number of hydrogen-bond donors (Lipinski definition) is 1. The van der Waals surface area contributed by atoms with Crippen LogP contribution in [0.3, 0.4) is 0 Å². The molecule has 0 fully saturated rings. The van der Waals surface area contributed by atoms with Crippen LogP contribution < -0.4 is 5.32 Å². The Bertz CT molecular complexity index is 369. The molecule has 0 bridgehead atoms. The first-order chi connectivity index (χ1) is 8.74. The van der Waals surface area contributed by atoms with Crippen molar-refractivity contribution in [2.24, 2.45) is 0 Å². The van der Waals surface area contributed by atoms with Crippen molar-refractivity contribution in [3.8, 4) is 0 Å². The fourth-order valence-electron chi connectivity index (χ4n) is 1.48. The van der Waals surface area contributed by atoms with Gasteiger partial charge in [-0.3, -0.25) is 10.1 Å². The summed E-state index contributed by atoms with van der Waals surface area (Å²) in [5.74, 6) is 0. The fraction of sp³-hybridized carbons (Fsp3) is 0.538. The Balaban J connectivity index is 2.19. The van der Waals surface area contributed by atoms with Gasteiger partial charge in [0.2, 0.25) is 0 Å². The second-order valence-electron chi connectivity index (χ2n) is 4.05. The van der Waals surface area contributed by atoms with Crippen LogP contribution in [0.5, 0.6) is 0 Å². The average molecular weight is 252 g/mol. The summed E-state index contributed by atoms with van der Waals surface area (Å²) in [5, 5.41) is 13.7. The molecule has 0 aliphatic heterocycles. The van der Waals surface area contributed by atoms with Crippen LogP contribution in [0.4, 0.5) is 11.4 Å². The lowest BCUT2D eigenvalue weighted by Crippen LogP contribution is -2.06. The van der Waals surface area contributed by atoms with Crippen LogP contribution >= 0.6 is 0 Å². The number of nitrogens with one attached hydrogen (secondary N) is 1. The molecule has 1 aromatic carbocycles. The SMILES string of the molecule is CCCCOCCCNc1cccc([N+](=O)[O-])c1. The lowest BCUT2D eigenvalue weighted by molar-refractivity contribution is -0.384. The minimum absolute atomic E-state index is 0.110. The predicted octanol–water partition coefficient (Wildman–Crippen LogP) is 3.21. The Kier molecular flexibility index (Phi) is 6.79. The molecular weight excluding hydrogens is 232 g/mol. The van der Waals surface area contributed by atoms with E-state index in [2.05, 4.69) is 12.2 Å². The van der Waals surface area contributed by atoms with Gasteiger partial charge in [-0.1, -0.05) is 19.4 Å². The van der Waals surface area contributed by atoms with Gasteiger partial charge in [0.05, 0.1) is 4.92 Å². The number of nitro benzene ring substituents is 1. The molecule has 0 saturated heterocycles. The van der Waals surface area contributed by atoms with Crippen LogP contribution in [0.25, 0.3) is 0 Å². The zero-order chi connectivity index (χ0) is 13.2. The van der Waals surface area contributed by atoms with Crippen LogP contribution in [0.15, 0.2) is 24.3 Å². The summed E-state index contributed by atoms with van der Waals surface area (Å²) in [7, 11) is 0. The molecule has 100 valence electrons. The fourth-order valence-corrected chi connectivity index (χ4v) is 1.48. The second kappa shape index (κ2) is 8.47. The third-order valence-electron chi connectivity index (χ3n) is 2.49. The second-order valence-corrected chi connectivity index (χ2v) is 4.05. The van der Waals surface area contributed by atoms with E-state index in [9.17, 15) is 10.1 Å². The normalized spacial score (nSPS) is 10.3. The largest absolute Gasteiger partial charge is 0.385 e. The van der Waals surface area contributed by atoms with E-state index < -0.39 is 0 Å². The molecule has 0 unspecified atom stereocenters. The zero-order valence-electron chi connectivity index (χ0n) is 10.7. The standard InChI is InChI=1S/C13H20N2O3/c1-2-3-9-18-10-5-8-14-12-6-4-7-13(11-12)15(16)17/h4,6-7,11,14H,2-3,5,8-10H2,1H3. The molecule has 5 nitrogen and oxygen atoms in total. The number of benzene rings is 1. The van der Waals surface area contributed by atoms with Crippen LogP contribution in [-0.2, 0) is 4.74 Å². The summed E-state index contributed by atoms with van der Waals surface area (Å²) < 4.78 is 5.43. The van der Waals surface area contributed by atoms with E-state index in [1.807, 2.05) is 6.07 Å². The van der Waals surface area contributed by atoms with E-state index in [1.54, 1.807) is 6.07 Å². The molecule has 0 amide bonds. The van der Waals surface area contributed by atoms with Crippen molar-refractivity contribution in [2.75, 3.05) is 25.1 Å². The lowest BCUT2D eigenvalue weighted by atomic mass is 10.3. The van der Waals surface area contributed by atoms with Crippen LogP contribution in [-0.4, -0.2) is 24.7 Å². The summed E-state index contributed by atoms with van der Waals surface area (Å²) >= 11 is 0. The van der Waals surface area contributed by atoms with E-state index in [0.29, 0.717) is 0 Å². The van der Waals surface area contributed by atoms with Crippen LogP contribution in [0, 0.1) is 10.1 Å². The lowest BCUT2D eigenvalue weighted by Gasteiger charge is -2.06. The van der Waals surface area contributed by atoms with Gasteiger partial charge in [0.1, 0.15) is 0 Å². The first-order valence-corrected chi connectivity index (χ1v) is 6.30. The van der Waals surface area contributed by atoms with Gasteiger partial charge in [0.15, 0.2) is 0 Å². The highest BCUT2D eigenvalue weighted by atomic mass is 16.6. The van der Waals surface area contributed by atoms with Gasteiger partial charge in [0.25, 0.3) is 5.69 Å². The minimum atomic E-state index is -0.390. The van der Waals surface area contributed by atoms with E-state index in [1.165, 1.54) is 12.1 Å². The number of nitro groups is 1. The monoisotopic (exact) mass is 252 g/mol. The van der Waals surface area contributed by atoms with Crippen molar-refractivity contribution in [1.29, 1.82) is 0 Å².